The lowest BCUT2D eigenvalue weighted by Crippen LogP contribution is -2.07. The summed E-state index contributed by atoms with van der Waals surface area (Å²) in [5.74, 6) is 0.444. The number of aryl methyl sites for hydroxylation is 2. The summed E-state index contributed by atoms with van der Waals surface area (Å²) in [5, 5.41) is 16.1. The van der Waals surface area contributed by atoms with Gasteiger partial charge in [-0.1, -0.05) is 42.5 Å². The van der Waals surface area contributed by atoms with Crippen LogP contribution in [-0.4, -0.2) is 16.4 Å². The van der Waals surface area contributed by atoms with Crippen LogP contribution < -0.4 is 10.7 Å². The number of nitrogens with one attached hydrogen (secondary N) is 1. The Morgan fingerprint density at radius 1 is 0.947 bits per heavy atom. The molecule has 0 saturated carbocycles. The number of phenols is 1. The quantitative estimate of drug-likeness (QED) is 0.198. The number of carbonyl (C=O) groups is 1. The molecule has 0 radical (unpaired) electrons. The third-order valence-electron chi connectivity index (χ3n) is 6.94. The molecule has 38 heavy (non-hydrogen) atoms. The molecule has 2 heterocycles. The fraction of sp³-hybridized carbons (Fsp3) is 0.0938. The number of hydrogen-bond donors (Lipinski definition) is 2. The summed E-state index contributed by atoms with van der Waals surface area (Å²) < 4.78 is 6.32. The molecule has 2 aliphatic rings. The number of aromatic nitrogens is 1. The van der Waals surface area contributed by atoms with Crippen LogP contribution in [0.3, 0.4) is 0 Å². The molecule has 6 heteroatoms. The van der Waals surface area contributed by atoms with E-state index in [0.717, 1.165) is 50.6 Å². The molecule has 1 aromatic heterocycles. The first kappa shape index (κ1) is 23.4. The molecule has 4 aromatic rings. The van der Waals surface area contributed by atoms with Gasteiger partial charge in [0.25, 0.3) is 0 Å². The maximum absolute atomic E-state index is 12.6. The highest BCUT2D eigenvalue weighted by molar-refractivity contribution is 6.06. The van der Waals surface area contributed by atoms with Crippen molar-refractivity contribution in [3.63, 3.8) is 0 Å². The molecule has 0 bridgehead atoms. The number of anilines is 1. The van der Waals surface area contributed by atoms with Crippen LogP contribution in [0.5, 0.6) is 5.75 Å². The fourth-order valence-electron chi connectivity index (χ4n) is 4.99. The maximum Gasteiger partial charge on any atom is 0.185 e. The zero-order chi connectivity index (χ0) is 26.4. The predicted octanol–water partition coefficient (Wildman–Crippen LogP) is 6.86. The Balaban J connectivity index is 1.59. The molecule has 186 valence electrons. The van der Waals surface area contributed by atoms with Gasteiger partial charge in [0.05, 0.1) is 16.8 Å². The van der Waals surface area contributed by atoms with E-state index in [1.54, 1.807) is 31.2 Å². The second kappa shape index (κ2) is 9.16. The summed E-state index contributed by atoms with van der Waals surface area (Å²) in [6.07, 6.45) is 0.824. The van der Waals surface area contributed by atoms with Crippen LogP contribution in [0.4, 0.5) is 5.69 Å². The molecule has 0 amide bonds. The number of nitrogens with zero attached hydrogens (tertiary/aromatic N) is 1. The lowest BCUT2D eigenvalue weighted by atomic mass is 9.89. The number of aromatic hydroxyl groups is 1. The molecule has 0 unspecified atom stereocenters. The Labute approximate surface area is 218 Å². The Hall–Kier alpha value is -4.97. The molecule has 0 fully saturated rings. The van der Waals surface area contributed by atoms with Crippen LogP contribution >= 0.6 is 0 Å². The smallest absolute Gasteiger partial charge is 0.185 e. The molecule has 2 N–H and O–H groups in total. The van der Waals surface area contributed by atoms with Gasteiger partial charge in [-0.25, -0.2) is 0 Å². The van der Waals surface area contributed by atoms with Crippen LogP contribution in [0.1, 0.15) is 27.2 Å². The van der Waals surface area contributed by atoms with Gasteiger partial charge in [0.15, 0.2) is 11.7 Å². The van der Waals surface area contributed by atoms with Gasteiger partial charge in [-0.15, -0.1) is 0 Å². The molecule has 1 aliphatic heterocycles. The van der Waals surface area contributed by atoms with Crippen molar-refractivity contribution in [2.45, 2.75) is 20.4 Å². The van der Waals surface area contributed by atoms with Crippen LogP contribution in [0, 0.1) is 13.8 Å². The van der Waals surface area contributed by atoms with E-state index in [2.05, 4.69) is 10.3 Å². The molecule has 0 saturated heterocycles. The number of carbonyl (C=O) groups excluding carboxylic acids is 1. The zero-order valence-electron chi connectivity index (χ0n) is 20.9. The van der Waals surface area contributed by atoms with Gasteiger partial charge < -0.3 is 14.8 Å². The molecule has 1 aliphatic carbocycles. The Morgan fingerprint density at radius 3 is 2.63 bits per heavy atom. The minimum atomic E-state index is -0.146. The summed E-state index contributed by atoms with van der Waals surface area (Å²) in [7, 11) is 0. The van der Waals surface area contributed by atoms with E-state index in [1.807, 2.05) is 55.5 Å². The second-order valence-corrected chi connectivity index (χ2v) is 9.42. The van der Waals surface area contributed by atoms with Crippen molar-refractivity contribution < 1.29 is 14.3 Å². The van der Waals surface area contributed by atoms with Crippen LogP contribution in [-0.2, 0) is 6.54 Å². The minimum absolute atomic E-state index is 0.0570. The Bertz CT molecular complexity index is 1900. The number of benzene rings is 4. The highest BCUT2D eigenvalue weighted by Gasteiger charge is 2.23. The van der Waals surface area contributed by atoms with E-state index in [9.17, 15) is 14.7 Å². The molecule has 6 rings (SSSR count). The van der Waals surface area contributed by atoms with Crippen molar-refractivity contribution in [3.05, 3.63) is 111 Å². The first-order valence-corrected chi connectivity index (χ1v) is 12.3. The average molecular weight is 501 g/mol. The van der Waals surface area contributed by atoms with Crippen molar-refractivity contribution in [3.8, 4) is 28.2 Å². The van der Waals surface area contributed by atoms with Gasteiger partial charge >= 0.3 is 0 Å². The van der Waals surface area contributed by atoms with Crippen molar-refractivity contribution in [1.29, 1.82) is 0 Å². The molecule has 0 spiro atoms. The van der Waals surface area contributed by atoms with Gasteiger partial charge in [0.2, 0.25) is 0 Å². The maximum atomic E-state index is 12.6. The summed E-state index contributed by atoms with van der Waals surface area (Å²) >= 11 is 0. The summed E-state index contributed by atoms with van der Waals surface area (Å²) in [6.45, 7) is 3.95. The monoisotopic (exact) mass is 500 g/mol. The first-order valence-electron chi connectivity index (χ1n) is 12.3. The molecular weight excluding hydrogens is 476 g/mol. The first-order chi connectivity index (χ1) is 18.4. The SMILES string of the molecule is Cc1ccc2cccc(NCc3c(O)ccc4c(-c5ccccc5C=O)c5cc(C)c(=O)cc-5oc34)c2n1. The largest absolute Gasteiger partial charge is 0.507 e. The summed E-state index contributed by atoms with van der Waals surface area (Å²) in [5.41, 5.74) is 6.72. The van der Waals surface area contributed by atoms with E-state index >= 15 is 0 Å². The van der Waals surface area contributed by atoms with Crippen molar-refractivity contribution >= 4 is 33.8 Å². The number of pyridine rings is 1. The molecule has 3 aromatic carbocycles. The highest BCUT2D eigenvalue weighted by atomic mass is 16.3. The number of rotatable bonds is 5. The lowest BCUT2D eigenvalue weighted by molar-refractivity contribution is 0.112. The summed E-state index contributed by atoms with van der Waals surface area (Å²) in [4.78, 5) is 29.2. The van der Waals surface area contributed by atoms with Crippen LogP contribution in [0.2, 0.25) is 0 Å². The molecular formula is C32H24N2O4. The van der Waals surface area contributed by atoms with E-state index in [1.165, 1.54) is 6.07 Å². The average Bonchev–Trinajstić information content (AvgIpc) is 2.92. The molecule has 0 atom stereocenters. The Kier molecular flexibility index (Phi) is 5.65. The van der Waals surface area contributed by atoms with E-state index in [0.29, 0.717) is 28.0 Å². The van der Waals surface area contributed by atoms with Gasteiger partial charge in [-0.3, -0.25) is 14.6 Å². The van der Waals surface area contributed by atoms with E-state index in [-0.39, 0.29) is 17.7 Å². The van der Waals surface area contributed by atoms with Gasteiger partial charge in [-0.05, 0) is 55.3 Å². The van der Waals surface area contributed by atoms with E-state index in [4.69, 9.17) is 4.42 Å². The lowest BCUT2D eigenvalue weighted by Gasteiger charge is -2.19. The normalized spacial score (nSPS) is 11.3. The van der Waals surface area contributed by atoms with Crippen molar-refractivity contribution in [2.75, 3.05) is 5.32 Å². The number of phenolic OH excluding ortho intramolecular Hbond substituents is 1. The van der Waals surface area contributed by atoms with Crippen LogP contribution in [0.15, 0.2) is 88.1 Å². The topological polar surface area (TPSA) is 92.4 Å². The number of aldehydes is 1. The van der Waals surface area contributed by atoms with Gasteiger partial charge in [0.1, 0.15) is 17.1 Å². The second-order valence-electron chi connectivity index (χ2n) is 9.42. The minimum Gasteiger partial charge on any atom is -0.507 e. The molecule has 6 nitrogen and oxygen atoms in total. The van der Waals surface area contributed by atoms with Gasteiger partial charge in [-0.2, -0.15) is 0 Å². The third kappa shape index (κ3) is 3.87. The number of fused-ring (bicyclic) bond motifs is 3. The Morgan fingerprint density at radius 2 is 1.79 bits per heavy atom. The fourth-order valence-corrected chi connectivity index (χ4v) is 4.99. The third-order valence-corrected chi connectivity index (χ3v) is 6.94. The summed E-state index contributed by atoms with van der Waals surface area (Å²) in [6, 6.07) is 23.9. The van der Waals surface area contributed by atoms with Gasteiger partial charge in [0, 0.05) is 45.8 Å². The van der Waals surface area contributed by atoms with Crippen LogP contribution in [0.25, 0.3) is 44.3 Å². The number of para-hydroxylation sites is 1. The van der Waals surface area contributed by atoms with E-state index < -0.39 is 0 Å². The van der Waals surface area contributed by atoms with Crippen molar-refractivity contribution in [2.24, 2.45) is 0 Å². The zero-order valence-corrected chi connectivity index (χ0v) is 20.9. The highest BCUT2D eigenvalue weighted by Crippen LogP contribution is 2.43. The standard InChI is InChI=1S/C32H24N2O4/c1-18-14-24-29(15-28(18)37)38-32-23(30(24)22-8-4-3-6-21(22)17-35)12-13-27(36)25(32)16-33-26-9-5-7-20-11-10-19(2)34-31(20)26/h3-15,17,33,36H,16H2,1-2H3. The number of hydrogen-bond acceptors (Lipinski definition) is 6. The van der Waals surface area contributed by atoms with Crippen molar-refractivity contribution in [1.82, 2.24) is 4.98 Å². The predicted molar refractivity (Wildman–Crippen MR) is 150 cm³/mol.